The van der Waals surface area contributed by atoms with Gasteiger partial charge in [0.25, 0.3) is 0 Å². The molecular formula is C16H14N4. The summed E-state index contributed by atoms with van der Waals surface area (Å²) >= 11 is 0. The third kappa shape index (κ3) is 1.58. The zero-order valence-corrected chi connectivity index (χ0v) is 11.1. The fourth-order valence-corrected chi connectivity index (χ4v) is 2.55. The van der Waals surface area contributed by atoms with Crippen LogP contribution in [-0.4, -0.2) is 14.5 Å². The molecule has 2 N–H and O–H groups in total. The Balaban J connectivity index is 1.83. The van der Waals surface area contributed by atoms with Crippen molar-refractivity contribution in [2.75, 3.05) is 5.32 Å². The predicted octanol–water partition coefficient (Wildman–Crippen LogP) is 3.80. The Bertz CT molecular complexity index is 901. The van der Waals surface area contributed by atoms with Crippen LogP contribution in [-0.2, 0) is 7.05 Å². The maximum absolute atomic E-state index is 4.63. The molecule has 0 saturated heterocycles. The number of rotatable bonds is 2. The number of aromatic amines is 1. The Morgan fingerprint density at radius 1 is 1.05 bits per heavy atom. The van der Waals surface area contributed by atoms with Crippen molar-refractivity contribution in [3.8, 4) is 0 Å². The van der Waals surface area contributed by atoms with Crippen molar-refractivity contribution in [3.63, 3.8) is 0 Å². The summed E-state index contributed by atoms with van der Waals surface area (Å²) in [6.45, 7) is 0. The van der Waals surface area contributed by atoms with E-state index in [2.05, 4.69) is 38.1 Å². The van der Waals surface area contributed by atoms with E-state index in [9.17, 15) is 0 Å². The Morgan fingerprint density at radius 3 is 2.75 bits per heavy atom. The van der Waals surface area contributed by atoms with E-state index in [1.165, 1.54) is 5.39 Å². The summed E-state index contributed by atoms with van der Waals surface area (Å²) in [5.41, 5.74) is 4.28. The number of imidazole rings is 1. The number of para-hydroxylation sites is 3. The Morgan fingerprint density at radius 2 is 1.85 bits per heavy atom. The molecule has 2 aromatic heterocycles. The fourth-order valence-electron chi connectivity index (χ4n) is 2.55. The second-order valence-corrected chi connectivity index (χ2v) is 4.86. The Hall–Kier alpha value is -2.75. The quantitative estimate of drug-likeness (QED) is 0.577. The highest BCUT2D eigenvalue weighted by atomic mass is 15.2. The number of H-pyrrole nitrogens is 1. The summed E-state index contributed by atoms with van der Waals surface area (Å²) in [6.07, 6.45) is 1.98. The van der Waals surface area contributed by atoms with Crippen LogP contribution in [0.4, 0.5) is 11.6 Å². The molecule has 0 bridgehead atoms. The number of nitrogens with zero attached hydrogens (tertiary/aromatic N) is 2. The van der Waals surface area contributed by atoms with Crippen LogP contribution in [0.1, 0.15) is 0 Å². The molecule has 4 heteroatoms. The molecule has 0 unspecified atom stereocenters. The van der Waals surface area contributed by atoms with Gasteiger partial charge in [-0.2, -0.15) is 0 Å². The van der Waals surface area contributed by atoms with Crippen molar-refractivity contribution in [1.29, 1.82) is 0 Å². The zero-order chi connectivity index (χ0) is 13.5. The molecule has 2 aromatic carbocycles. The van der Waals surface area contributed by atoms with Gasteiger partial charge in [-0.3, -0.25) is 0 Å². The first kappa shape index (κ1) is 11.1. The van der Waals surface area contributed by atoms with E-state index in [4.69, 9.17) is 0 Å². The van der Waals surface area contributed by atoms with Crippen molar-refractivity contribution in [1.82, 2.24) is 14.5 Å². The highest BCUT2D eigenvalue weighted by Gasteiger charge is 2.09. The maximum atomic E-state index is 4.63. The molecule has 2 heterocycles. The largest absolute Gasteiger partial charge is 0.359 e. The van der Waals surface area contributed by atoms with Gasteiger partial charge in [-0.05, 0) is 18.2 Å². The van der Waals surface area contributed by atoms with Crippen LogP contribution >= 0.6 is 0 Å². The lowest BCUT2D eigenvalue weighted by Gasteiger charge is -2.04. The minimum absolute atomic E-state index is 0.843. The van der Waals surface area contributed by atoms with Gasteiger partial charge in [-0.15, -0.1) is 0 Å². The van der Waals surface area contributed by atoms with E-state index in [1.807, 2.05) is 43.6 Å². The number of aromatic nitrogens is 3. The summed E-state index contributed by atoms with van der Waals surface area (Å²) in [5.74, 6) is 0.843. The number of aryl methyl sites for hydroxylation is 1. The first-order valence-electron chi connectivity index (χ1n) is 6.57. The Kier molecular flexibility index (Phi) is 2.29. The SMILES string of the molecule is Cn1c(Nc2c[nH]c3ccccc23)nc2ccccc21. The molecule has 0 saturated carbocycles. The highest BCUT2D eigenvalue weighted by Crippen LogP contribution is 2.27. The van der Waals surface area contributed by atoms with Crippen molar-refractivity contribution in [3.05, 3.63) is 54.7 Å². The fraction of sp³-hybridized carbons (Fsp3) is 0.0625. The van der Waals surface area contributed by atoms with Crippen LogP contribution in [0, 0.1) is 0 Å². The standard InChI is InChI=1S/C16H14N4/c1-20-15-9-5-4-8-13(15)18-16(20)19-14-10-17-12-7-3-2-6-11(12)14/h2-10,17H,1H3,(H,18,19). The van der Waals surface area contributed by atoms with E-state index < -0.39 is 0 Å². The highest BCUT2D eigenvalue weighted by molar-refractivity contribution is 5.94. The summed E-state index contributed by atoms with van der Waals surface area (Å²) in [6, 6.07) is 16.4. The molecule has 0 atom stereocenters. The van der Waals surface area contributed by atoms with E-state index in [0.717, 1.165) is 28.2 Å². The van der Waals surface area contributed by atoms with Crippen LogP contribution in [0.25, 0.3) is 21.9 Å². The van der Waals surface area contributed by atoms with Crippen LogP contribution < -0.4 is 5.32 Å². The maximum Gasteiger partial charge on any atom is 0.208 e. The van der Waals surface area contributed by atoms with Gasteiger partial charge < -0.3 is 14.9 Å². The smallest absolute Gasteiger partial charge is 0.208 e. The van der Waals surface area contributed by atoms with Gasteiger partial charge in [-0.25, -0.2) is 4.98 Å². The van der Waals surface area contributed by atoms with Gasteiger partial charge in [-0.1, -0.05) is 30.3 Å². The van der Waals surface area contributed by atoms with Crippen LogP contribution in [0.5, 0.6) is 0 Å². The molecule has 0 spiro atoms. The first-order valence-corrected chi connectivity index (χ1v) is 6.57. The van der Waals surface area contributed by atoms with Gasteiger partial charge in [0, 0.05) is 24.1 Å². The number of hydrogen-bond donors (Lipinski definition) is 2. The minimum atomic E-state index is 0.843. The molecule has 0 amide bonds. The number of benzene rings is 2. The second kappa shape index (κ2) is 4.13. The molecule has 4 rings (SSSR count). The molecule has 0 aliphatic heterocycles. The summed E-state index contributed by atoms with van der Waals surface area (Å²) < 4.78 is 2.07. The molecule has 0 aliphatic carbocycles. The summed E-state index contributed by atoms with van der Waals surface area (Å²) in [7, 11) is 2.02. The minimum Gasteiger partial charge on any atom is -0.359 e. The van der Waals surface area contributed by atoms with Crippen molar-refractivity contribution >= 4 is 33.6 Å². The van der Waals surface area contributed by atoms with Crippen molar-refractivity contribution in [2.45, 2.75) is 0 Å². The normalized spacial score (nSPS) is 11.2. The third-order valence-corrected chi connectivity index (χ3v) is 3.62. The molecule has 98 valence electrons. The zero-order valence-electron chi connectivity index (χ0n) is 11.1. The van der Waals surface area contributed by atoms with Crippen LogP contribution in [0.2, 0.25) is 0 Å². The average molecular weight is 262 g/mol. The molecule has 4 nitrogen and oxygen atoms in total. The first-order chi connectivity index (χ1) is 9.83. The lowest BCUT2D eigenvalue weighted by atomic mass is 10.2. The van der Waals surface area contributed by atoms with Crippen molar-refractivity contribution in [2.24, 2.45) is 7.05 Å². The van der Waals surface area contributed by atoms with E-state index in [-0.39, 0.29) is 0 Å². The number of nitrogens with one attached hydrogen (secondary N) is 2. The van der Waals surface area contributed by atoms with Gasteiger partial charge in [0.05, 0.1) is 16.7 Å². The molecule has 0 radical (unpaired) electrons. The monoisotopic (exact) mass is 262 g/mol. The van der Waals surface area contributed by atoms with Gasteiger partial charge >= 0.3 is 0 Å². The van der Waals surface area contributed by atoms with Crippen LogP contribution in [0.15, 0.2) is 54.7 Å². The number of hydrogen-bond acceptors (Lipinski definition) is 2. The predicted molar refractivity (Wildman–Crippen MR) is 82.3 cm³/mol. The van der Waals surface area contributed by atoms with E-state index in [1.54, 1.807) is 0 Å². The second-order valence-electron chi connectivity index (χ2n) is 4.86. The van der Waals surface area contributed by atoms with E-state index >= 15 is 0 Å². The number of fused-ring (bicyclic) bond motifs is 2. The molecule has 0 fully saturated rings. The third-order valence-electron chi connectivity index (χ3n) is 3.62. The van der Waals surface area contributed by atoms with Gasteiger partial charge in [0.15, 0.2) is 0 Å². The van der Waals surface area contributed by atoms with Crippen molar-refractivity contribution < 1.29 is 0 Å². The molecule has 4 aromatic rings. The lowest BCUT2D eigenvalue weighted by molar-refractivity contribution is 0.959. The average Bonchev–Trinajstić information content (AvgIpc) is 3.03. The molecule has 20 heavy (non-hydrogen) atoms. The van der Waals surface area contributed by atoms with Gasteiger partial charge in [0.2, 0.25) is 5.95 Å². The summed E-state index contributed by atoms with van der Waals surface area (Å²) in [5, 5.41) is 4.57. The summed E-state index contributed by atoms with van der Waals surface area (Å²) in [4.78, 5) is 7.89. The van der Waals surface area contributed by atoms with Gasteiger partial charge in [0.1, 0.15) is 0 Å². The Labute approximate surface area is 116 Å². The topological polar surface area (TPSA) is 45.6 Å². The van der Waals surface area contributed by atoms with Crippen LogP contribution in [0.3, 0.4) is 0 Å². The number of anilines is 2. The van der Waals surface area contributed by atoms with E-state index in [0.29, 0.717) is 0 Å². The lowest BCUT2D eigenvalue weighted by Crippen LogP contribution is -1.98. The molecule has 0 aliphatic rings. The molecular weight excluding hydrogens is 248 g/mol.